The topological polar surface area (TPSA) is 328 Å². The maximum Gasteiger partial charge on any atom is 0.469 e. The largest absolute Gasteiger partial charge is 0.488 e. The van der Waals surface area contributed by atoms with E-state index in [1.54, 1.807) is 41.5 Å². The molecule has 1 saturated heterocycles. The number of benzene rings is 1. The van der Waals surface area contributed by atoms with Crippen molar-refractivity contribution < 1.29 is 62.3 Å². The summed E-state index contributed by atoms with van der Waals surface area (Å²) in [5.41, 5.74) is 7.37. The maximum atomic E-state index is 14.1. The third-order valence-corrected chi connectivity index (χ3v) is 11.7. The lowest BCUT2D eigenvalue weighted by Crippen LogP contribution is -2.61. The molecule has 378 valence electrons. The Morgan fingerprint density at radius 2 is 1.70 bits per heavy atom. The van der Waals surface area contributed by atoms with Gasteiger partial charge in [0.1, 0.15) is 49.2 Å². The fourth-order valence-corrected chi connectivity index (χ4v) is 8.12. The van der Waals surface area contributed by atoms with Gasteiger partial charge in [0, 0.05) is 66.9 Å². The first-order valence-electron chi connectivity index (χ1n) is 22.3. The average Bonchev–Trinajstić information content (AvgIpc) is 3.97. The lowest BCUT2D eigenvalue weighted by Gasteiger charge is -2.28. The Bertz CT molecular complexity index is 2280. The van der Waals surface area contributed by atoms with E-state index in [0.29, 0.717) is 80.4 Å². The Hall–Kier alpha value is -5.97. The minimum absolute atomic E-state index is 0.115. The Labute approximate surface area is 404 Å². The number of ether oxygens (including phenoxy) is 1. The van der Waals surface area contributed by atoms with Crippen molar-refractivity contribution in [3.8, 4) is 5.75 Å². The van der Waals surface area contributed by atoms with Gasteiger partial charge in [-0.1, -0.05) is 36.7 Å². The van der Waals surface area contributed by atoms with Crippen LogP contribution in [0.1, 0.15) is 83.0 Å². The second-order valence-electron chi connectivity index (χ2n) is 16.8. The number of nitrogens with one attached hydrogen (secondary N) is 4. The second kappa shape index (κ2) is 27.3. The Kier molecular flexibility index (Phi) is 22.0. The smallest absolute Gasteiger partial charge is 0.469 e. The van der Waals surface area contributed by atoms with Crippen LogP contribution in [0.15, 0.2) is 60.4 Å². The monoisotopic (exact) mass is 1000 g/mol. The van der Waals surface area contributed by atoms with Crippen LogP contribution in [0.3, 0.4) is 0 Å². The summed E-state index contributed by atoms with van der Waals surface area (Å²) in [6, 6.07) is 1.93. The number of aliphatic hydroxyl groups excluding tert-OH is 1. The van der Waals surface area contributed by atoms with Crippen molar-refractivity contribution >= 4 is 61.1 Å². The molecule has 0 aliphatic carbocycles. The summed E-state index contributed by atoms with van der Waals surface area (Å²) in [4.78, 5) is 113. The first kappa shape index (κ1) is 55.6. The Morgan fingerprint density at radius 1 is 0.971 bits per heavy atom. The molecular formula is C44H62ClN10O13P. The number of oxime groups is 1. The van der Waals surface area contributed by atoms with E-state index in [9.17, 15) is 48.2 Å². The van der Waals surface area contributed by atoms with Crippen LogP contribution < -0.4 is 31.7 Å². The van der Waals surface area contributed by atoms with Crippen molar-refractivity contribution in [2.24, 2.45) is 16.8 Å². The van der Waals surface area contributed by atoms with Gasteiger partial charge in [0.05, 0.1) is 25.3 Å². The summed E-state index contributed by atoms with van der Waals surface area (Å²) in [6.45, 7) is 6.49. The average molecular weight is 1010 g/mol. The minimum Gasteiger partial charge on any atom is -0.488 e. The van der Waals surface area contributed by atoms with E-state index < -0.39 is 80.3 Å². The molecule has 3 heterocycles. The number of phosphoric ester groups is 1. The summed E-state index contributed by atoms with van der Waals surface area (Å²) < 4.78 is 23.6. The molecule has 1 aliphatic rings. The highest BCUT2D eigenvalue weighted by molar-refractivity contribution is 7.46. The number of primary amides is 1. The number of hydrogen-bond donors (Lipinski definition) is 8. The number of nitrogens with two attached hydrogens (primary N) is 1. The quantitative estimate of drug-likeness (QED) is 0.0220. The number of carbonyl (C=O) groups excluding carboxylic acids is 6. The molecule has 6 amide bonds. The number of carbonyl (C=O) groups is 6. The van der Waals surface area contributed by atoms with Crippen LogP contribution in [0.25, 0.3) is 0 Å². The molecule has 25 heteroatoms. The molecule has 69 heavy (non-hydrogen) atoms. The first-order chi connectivity index (χ1) is 32.8. The van der Waals surface area contributed by atoms with E-state index in [2.05, 4.69) is 40.9 Å². The number of unbranched alkanes of at least 4 members (excludes halogenated alkanes) is 2. The molecule has 6 atom stereocenters. The zero-order valence-electron chi connectivity index (χ0n) is 38.9. The van der Waals surface area contributed by atoms with Crippen LogP contribution in [-0.4, -0.2) is 132 Å². The van der Waals surface area contributed by atoms with Gasteiger partial charge in [-0.05, 0) is 75.6 Å². The summed E-state index contributed by atoms with van der Waals surface area (Å²) in [5, 5.41) is 24.7. The normalized spacial score (nSPS) is 16.0. The number of aromatic nitrogens is 3. The minimum atomic E-state index is -5.14. The fraction of sp³-hybridized carbons (Fsp3) is 0.523. The maximum absolute atomic E-state index is 14.1. The van der Waals surface area contributed by atoms with Crippen LogP contribution in [0.2, 0.25) is 5.02 Å². The number of halogens is 1. The summed E-state index contributed by atoms with van der Waals surface area (Å²) in [6.07, 6.45) is 9.24. The van der Waals surface area contributed by atoms with Crippen LogP contribution in [0.4, 0.5) is 0 Å². The summed E-state index contributed by atoms with van der Waals surface area (Å²) in [5.74, 6) is -4.49. The number of hydrogen-bond acceptors (Lipinski definition) is 14. The van der Waals surface area contributed by atoms with Gasteiger partial charge >= 0.3 is 7.82 Å². The molecule has 1 aliphatic heterocycles. The highest BCUT2D eigenvalue weighted by Gasteiger charge is 2.37. The molecule has 23 nitrogen and oxygen atoms in total. The van der Waals surface area contributed by atoms with Crippen LogP contribution >= 0.6 is 19.4 Å². The van der Waals surface area contributed by atoms with Crippen molar-refractivity contribution in [1.29, 1.82) is 0 Å². The molecule has 0 bridgehead atoms. The van der Waals surface area contributed by atoms with Crippen LogP contribution in [-0.2, 0) is 62.3 Å². The van der Waals surface area contributed by atoms with E-state index in [-0.39, 0.29) is 24.7 Å². The first-order valence-corrected chi connectivity index (χ1v) is 24.3. The molecule has 3 aromatic rings. The SMILES string of the molecule is CC(=O)N1CCC[C@H]1C(=O)N[C@@H](CC(C)C)C(=O)N[C@@H](Cc1cncn1CCCCCO/N=C\c1cc(Cl)ccc1OCc1cccnc1)C(=O)N[C@@H](CO)C(=O)N[C@H](C(N)=O)[C@@H](C)OP(=O)(O)O. The molecule has 1 aromatic carbocycles. The predicted molar refractivity (Wildman–Crippen MR) is 250 cm³/mol. The molecule has 0 spiro atoms. The number of amides is 6. The zero-order valence-corrected chi connectivity index (χ0v) is 40.5. The predicted octanol–water partition coefficient (Wildman–Crippen LogP) is 1.25. The van der Waals surface area contributed by atoms with E-state index in [1.807, 2.05) is 26.0 Å². The molecule has 2 aromatic heterocycles. The molecule has 0 radical (unpaired) electrons. The summed E-state index contributed by atoms with van der Waals surface area (Å²) in [7, 11) is -5.14. The molecule has 1 fully saturated rings. The van der Waals surface area contributed by atoms with Gasteiger partial charge in [-0.25, -0.2) is 9.55 Å². The third kappa shape index (κ3) is 18.5. The second-order valence-corrected chi connectivity index (χ2v) is 18.4. The summed E-state index contributed by atoms with van der Waals surface area (Å²) >= 11 is 6.22. The number of likely N-dealkylation sites (tertiary alicyclic amines) is 1. The molecule has 4 rings (SSSR count). The van der Waals surface area contributed by atoms with Gasteiger partial charge < -0.3 is 60.9 Å². The number of pyridine rings is 1. The van der Waals surface area contributed by atoms with Crippen molar-refractivity contribution in [2.45, 2.75) is 122 Å². The van der Waals surface area contributed by atoms with Gasteiger partial charge in [0.2, 0.25) is 35.4 Å². The van der Waals surface area contributed by atoms with Crippen molar-refractivity contribution in [3.63, 3.8) is 0 Å². The van der Waals surface area contributed by atoms with E-state index >= 15 is 0 Å². The lowest BCUT2D eigenvalue weighted by molar-refractivity contribution is -0.139. The van der Waals surface area contributed by atoms with Crippen molar-refractivity contribution in [2.75, 3.05) is 19.8 Å². The number of aryl methyl sites for hydroxylation is 1. The number of nitrogens with zero attached hydrogens (tertiary/aromatic N) is 5. The van der Waals surface area contributed by atoms with Gasteiger partial charge in [-0.2, -0.15) is 0 Å². The van der Waals surface area contributed by atoms with E-state index in [0.717, 1.165) is 12.5 Å². The van der Waals surface area contributed by atoms with Gasteiger partial charge in [-0.15, -0.1) is 0 Å². The standard InChI is InChI=1S/C44H62ClN10O13P/c1-27(2)18-34(51-44(62)37-11-9-16-55(37)29(4)57)41(59)50-35(42(60)52-36(24-56)43(61)53-39(40(46)58)28(3)68-69(63,64)65)20-33-23-48-26-54(33)15-6-5-7-17-67-49-22-31-19-32(45)12-13-38(31)66-25-30-10-8-14-47-21-30/h8,10,12-14,19,21-23,26-28,34-37,39,56H,5-7,9,11,15-18,20,24-25H2,1-4H3,(H2,46,58)(H,50,59)(H,51,62)(H,52,60)(H,53,61)(H2,63,64,65)/b49-22-/t28-,34+,35+,36+,37+,39+/m1/s1. The van der Waals surface area contributed by atoms with Crippen molar-refractivity contribution in [1.82, 2.24) is 40.7 Å². The van der Waals surface area contributed by atoms with Crippen LogP contribution in [0, 0.1) is 5.92 Å². The van der Waals surface area contributed by atoms with Crippen LogP contribution in [0.5, 0.6) is 5.75 Å². The number of rotatable bonds is 28. The molecular weight excluding hydrogens is 943 g/mol. The lowest BCUT2D eigenvalue weighted by atomic mass is 10.0. The number of phosphoric acid groups is 1. The molecule has 9 N–H and O–H groups in total. The number of imidazole rings is 1. The third-order valence-electron chi connectivity index (χ3n) is 10.8. The van der Waals surface area contributed by atoms with E-state index in [1.165, 1.54) is 24.2 Å². The van der Waals surface area contributed by atoms with Crippen molar-refractivity contribution in [3.05, 3.63) is 77.1 Å². The number of aliphatic hydroxyl groups is 1. The van der Waals surface area contributed by atoms with Gasteiger partial charge in [0.15, 0.2) is 0 Å². The molecule has 0 unspecified atom stereocenters. The molecule has 0 saturated carbocycles. The van der Waals surface area contributed by atoms with Gasteiger partial charge in [0.25, 0.3) is 0 Å². The zero-order chi connectivity index (χ0) is 50.7. The highest BCUT2D eigenvalue weighted by Crippen LogP contribution is 2.38. The van der Waals surface area contributed by atoms with E-state index in [4.69, 9.17) is 26.9 Å². The Morgan fingerprint density at radius 3 is 2.36 bits per heavy atom. The Balaban J connectivity index is 1.43. The fourth-order valence-electron chi connectivity index (χ4n) is 7.38. The highest BCUT2D eigenvalue weighted by atomic mass is 35.5. The van der Waals surface area contributed by atoms with Gasteiger partial charge in [-0.3, -0.25) is 38.3 Å².